The number of ether oxygens (including phenoxy) is 7. The number of aryl methyl sites for hydroxylation is 7. The Kier molecular flexibility index (Phi) is 25.2. The lowest BCUT2D eigenvalue weighted by Gasteiger charge is -2.29. The molecule has 11 rings (SSSR count). The number of esters is 2. The SMILES string of the molecule is COC(=O)C(OC(C)(C)C)c1c(C)nc2[nH]c(C)c(C)c2c1-c1ccc(Cl)cc1.COC(=O)C(OC(C)(C)C)c1c(C)nc2c(c(C)c(C)n2Cc2cc(Cl)nc(OC)c2)c1-c1ccc(Cl)cc1.COc1cc(Cn2c(C)c(C)c3c(-c4ccc(Cl)cc4)c(C(OC(C)(C)C)C(=O)O)c(C)nc32)cc(Cl)n1. The van der Waals surface area contributed by atoms with Crippen LogP contribution in [0.5, 0.6) is 11.8 Å². The number of benzene rings is 3. The third-order valence-electron chi connectivity index (χ3n) is 18.1. The smallest absolute Gasteiger partial charge is 0.339 e. The van der Waals surface area contributed by atoms with Crippen LogP contribution in [0.1, 0.15) is 159 Å². The summed E-state index contributed by atoms with van der Waals surface area (Å²) in [5, 5.41) is 15.6. The van der Waals surface area contributed by atoms with Crippen LogP contribution < -0.4 is 9.47 Å². The molecule has 106 heavy (non-hydrogen) atoms. The number of hydrogen-bond donors (Lipinski definition) is 2. The van der Waals surface area contributed by atoms with E-state index in [2.05, 4.69) is 37.9 Å². The van der Waals surface area contributed by atoms with Gasteiger partial charge < -0.3 is 52.4 Å². The van der Waals surface area contributed by atoms with Crippen LogP contribution in [-0.2, 0) is 51.2 Å². The van der Waals surface area contributed by atoms with Crippen molar-refractivity contribution in [3.8, 4) is 45.1 Å². The van der Waals surface area contributed by atoms with Crippen molar-refractivity contribution >= 4 is 109 Å². The van der Waals surface area contributed by atoms with E-state index in [1.54, 1.807) is 32.4 Å². The summed E-state index contributed by atoms with van der Waals surface area (Å²) in [6, 6.07) is 29.9. The molecule has 3 aromatic carbocycles. The fourth-order valence-electron chi connectivity index (χ4n) is 13.1. The molecular formula is C82H91Cl5N8O11. The monoisotopic (exact) mass is 1540 g/mol. The van der Waals surface area contributed by atoms with Gasteiger partial charge in [-0.05, 0) is 218 Å². The van der Waals surface area contributed by atoms with Crippen molar-refractivity contribution in [1.29, 1.82) is 0 Å². The highest BCUT2D eigenvalue weighted by atomic mass is 35.5. The van der Waals surface area contributed by atoms with Gasteiger partial charge in [0.2, 0.25) is 11.8 Å². The number of aliphatic carboxylic acids is 1. The molecule has 560 valence electrons. The molecule has 0 amide bonds. The highest BCUT2D eigenvalue weighted by molar-refractivity contribution is 6.31. The molecular weight excluding hydrogens is 1450 g/mol. The Morgan fingerprint density at radius 3 is 1.08 bits per heavy atom. The van der Waals surface area contributed by atoms with Gasteiger partial charge in [-0.15, -0.1) is 0 Å². The third-order valence-corrected chi connectivity index (χ3v) is 19.2. The highest BCUT2D eigenvalue weighted by Crippen LogP contribution is 2.47. The Morgan fingerprint density at radius 2 is 0.764 bits per heavy atom. The van der Waals surface area contributed by atoms with Crippen LogP contribution in [0, 0.1) is 62.3 Å². The molecule has 19 nitrogen and oxygen atoms in total. The molecule has 11 aromatic rings. The Hall–Kier alpha value is -8.63. The van der Waals surface area contributed by atoms with Crippen molar-refractivity contribution in [2.24, 2.45) is 0 Å². The zero-order valence-corrected chi connectivity index (χ0v) is 67.7. The number of carboxylic acids is 1. The minimum Gasteiger partial charge on any atom is -0.481 e. The Labute approximate surface area is 644 Å². The third kappa shape index (κ3) is 18.1. The zero-order chi connectivity index (χ0) is 78.1. The summed E-state index contributed by atoms with van der Waals surface area (Å²) in [5.74, 6) is -1.15. The summed E-state index contributed by atoms with van der Waals surface area (Å²) in [5.41, 5.74) is 17.5. The molecule has 0 bridgehead atoms. The lowest BCUT2D eigenvalue weighted by molar-refractivity contribution is -0.164. The van der Waals surface area contributed by atoms with Crippen molar-refractivity contribution in [3.63, 3.8) is 0 Å². The average molecular weight is 1540 g/mol. The highest BCUT2D eigenvalue weighted by Gasteiger charge is 2.38. The molecule has 3 unspecified atom stereocenters. The van der Waals surface area contributed by atoms with Crippen molar-refractivity contribution < 1.29 is 52.6 Å². The summed E-state index contributed by atoms with van der Waals surface area (Å²) >= 11 is 31.1. The summed E-state index contributed by atoms with van der Waals surface area (Å²) in [7, 11) is 5.85. The van der Waals surface area contributed by atoms with E-state index in [1.807, 2.05) is 190 Å². The van der Waals surface area contributed by atoms with Gasteiger partial charge >= 0.3 is 17.9 Å². The molecule has 0 aliphatic heterocycles. The van der Waals surface area contributed by atoms with Crippen molar-refractivity contribution in [1.82, 2.24) is 39.0 Å². The maximum atomic E-state index is 13.2. The fourth-order valence-corrected chi connectivity index (χ4v) is 13.9. The van der Waals surface area contributed by atoms with E-state index in [9.17, 15) is 19.5 Å². The quantitative estimate of drug-likeness (QED) is 0.0601. The van der Waals surface area contributed by atoms with Crippen LogP contribution in [0.2, 0.25) is 25.4 Å². The largest absolute Gasteiger partial charge is 0.481 e. The maximum Gasteiger partial charge on any atom is 0.339 e. The Morgan fingerprint density at radius 1 is 0.443 bits per heavy atom. The summed E-state index contributed by atoms with van der Waals surface area (Å²) < 4.78 is 43.8. The normalized spacial score (nSPS) is 12.7. The molecule has 0 aliphatic rings. The second-order valence-electron chi connectivity index (χ2n) is 29.0. The van der Waals surface area contributed by atoms with E-state index < -0.39 is 53.0 Å². The predicted molar refractivity (Wildman–Crippen MR) is 422 cm³/mol. The first kappa shape index (κ1) is 81.4. The van der Waals surface area contributed by atoms with Gasteiger partial charge in [0, 0.05) is 124 Å². The number of carboxylic acid groups (broad SMARTS) is 1. The fraction of sp³-hybridized carbons (Fsp3) is 0.366. The molecule has 8 heterocycles. The molecule has 0 spiro atoms. The van der Waals surface area contributed by atoms with Crippen LogP contribution in [0.15, 0.2) is 97.1 Å². The van der Waals surface area contributed by atoms with Gasteiger partial charge in [-0.3, -0.25) is 0 Å². The number of hydrogen-bond acceptors (Lipinski definition) is 15. The van der Waals surface area contributed by atoms with Gasteiger partial charge in [0.25, 0.3) is 0 Å². The lowest BCUT2D eigenvalue weighted by atomic mass is 9.91. The van der Waals surface area contributed by atoms with Crippen LogP contribution in [0.3, 0.4) is 0 Å². The van der Waals surface area contributed by atoms with Gasteiger partial charge in [0.1, 0.15) is 27.2 Å². The lowest BCUT2D eigenvalue weighted by Crippen LogP contribution is -2.29. The van der Waals surface area contributed by atoms with Gasteiger partial charge in [0.05, 0.1) is 45.2 Å². The van der Waals surface area contributed by atoms with E-state index in [1.165, 1.54) is 14.2 Å². The number of aromatic amines is 1. The zero-order valence-electron chi connectivity index (χ0n) is 63.9. The van der Waals surface area contributed by atoms with Crippen molar-refractivity contribution in [2.75, 3.05) is 28.4 Å². The summed E-state index contributed by atoms with van der Waals surface area (Å²) in [6.07, 6.45) is -3.11. The van der Waals surface area contributed by atoms with E-state index in [0.29, 0.717) is 84.0 Å². The van der Waals surface area contributed by atoms with Crippen LogP contribution in [0.25, 0.3) is 66.5 Å². The first-order valence-electron chi connectivity index (χ1n) is 34.3. The van der Waals surface area contributed by atoms with E-state index in [0.717, 1.165) is 111 Å². The predicted octanol–water partition coefficient (Wildman–Crippen LogP) is 20.6. The van der Waals surface area contributed by atoms with Crippen molar-refractivity contribution in [2.45, 2.75) is 173 Å². The maximum absolute atomic E-state index is 13.2. The number of nitrogens with zero attached hydrogens (tertiary/aromatic N) is 7. The summed E-state index contributed by atoms with van der Waals surface area (Å²) in [6.45, 7) is 35.8. The first-order chi connectivity index (χ1) is 49.7. The van der Waals surface area contributed by atoms with Gasteiger partial charge in [-0.25, -0.2) is 39.3 Å². The Balaban J connectivity index is 0.000000186. The topological polar surface area (TPSA) is 226 Å². The number of carbonyl (C=O) groups is 3. The molecule has 8 aromatic heterocycles. The van der Waals surface area contributed by atoms with Gasteiger partial charge in [-0.2, -0.15) is 0 Å². The number of H-pyrrole nitrogens is 1. The van der Waals surface area contributed by atoms with Crippen LogP contribution in [-0.4, -0.2) is 107 Å². The minimum absolute atomic E-state index is 0.335. The van der Waals surface area contributed by atoms with Gasteiger partial charge in [-0.1, -0.05) is 94.4 Å². The second kappa shape index (κ2) is 32.8. The molecule has 2 N–H and O–H groups in total. The standard InChI is InChI=1S/C30H33Cl2N3O4.C29H31Cl2N3O4.C23H27ClN2O3/c1-16-18(3)35(15-19-13-22(32)34-23(14-19)37-7)28-24(16)26(20-9-11-21(31)12-10-20)25(17(2)33-28)27(29(36)38-8)39-30(4,5)6;1-15-17(3)34(14-18-12-21(31)33-22(13-18)37-7)27-23(15)25(19-8-10-20(30)11-9-19)24(16(2)32-27)26(28(35)36)38-29(4,5)6;1-12-13(2)25-21-17(12)19(15-8-10-16(24)11-9-15)18(14(3)26-21)20(22(27)28-7)29-23(4,5)6/h9-14,27H,15H2,1-8H3;8-13,26H,14H2,1-7H3,(H,35,36);8-11,20H,1-7H3,(H,25,26). The number of fused-ring (bicyclic) bond motifs is 3. The number of halogens is 5. The minimum atomic E-state index is -1.22. The second-order valence-corrected chi connectivity index (χ2v) is 31.0. The first-order valence-corrected chi connectivity index (χ1v) is 36.2. The molecule has 24 heteroatoms. The molecule has 0 fully saturated rings. The number of nitrogens with one attached hydrogen (secondary N) is 1. The number of aromatic nitrogens is 8. The van der Waals surface area contributed by atoms with Crippen LogP contribution >= 0.6 is 58.0 Å². The molecule has 0 saturated carbocycles. The molecule has 0 saturated heterocycles. The average Bonchev–Trinajstić information content (AvgIpc) is 1.55. The van der Waals surface area contributed by atoms with E-state index in [-0.39, 0.29) is 0 Å². The van der Waals surface area contributed by atoms with E-state index in [4.69, 9.17) is 106 Å². The van der Waals surface area contributed by atoms with Crippen molar-refractivity contribution in [3.05, 3.63) is 201 Å². The number of pyridine rings is 5. The number of rotatable bonds is 18. The number of methoxy groups -OCH3 is 4. The van der Waals surface area contributed by atoms with E-state index >= 15 is 0 Å². The van der Waals surface area contributed by atoms with Gasteiger partial charge in [0.15, 0.2) is 18.3 Å². The summed E-state index contributed by atoms with van der Waals surface area (Å²) in [4.78, 5) is 65.1. The number of carbonyl (C=O) groups excluding carboxylic acids is 2. The Bertz CT molecular complexity index is 5130. The molecule has 0 aliphatic carbocycles. The van der Waals surface area contributed by atoms with Crippen LogP contribution in [0.4, 0.5) is 0 Å². The molecule has 0 radical (unpaired) electrons. The molecule has 3 atom stereocenters.